The van der Waals surface area contributed by atoms with Crippen molar-refractivity contribution in [3.63, 3.8) is 0 Å². The average Bonchev–Trinajstić information content (AvgIpc) is 3.22. The molecule has 0 saturated heterocycles. The van der Waals surface area contributed by atoms with Gasteiger partial charge < -0.3 is 5.32 Å². The van der Waals surface area contributed by atoms with Gasteiger partial charge in [-0.25, -0.2) is 4.68 Å². The molecule has 130 valence electrons. The first-order valence-corrected chi connectivity index (χ1v) is 9.85. The van der Waals surface area contributed by atoms with Crippen LogP contribution in [0.25, 0.3) is 10.1 Å². The highest BCUT2D eigenvalue weighted by atomic mass is 79.9. The van der Waals surface area contributed by atoms with Crippen LogP contribution in [-0.2, 0) is 6.54 Å². The fraction of sp³-hybridized carbons (Fsp3) is 0.0526. The molecule has 1 N–H and O–H groups in total. The molecule has 1 amide bonds. The summed E-state index contributed by atoms with van der Waals surface area (Å²) in [6.45, 7) is 0.566. The van der Waals surface area contributed by atoms with Gasteiger partial charge in [-0.1, -0.05) is 57.9 Å². The molecule has 0 atom stereocenters. The fourth-order valence-corrected chi connectivity index (χ4v) is 4.34. The number of carbonyl (C=O) groups is 1. The minimum absolute atomic E-state index is 0.228. The van der Waals surface area contributed by atoms with E-state index in [4.69, 9.17) is 11.6 Å². The summed E-state index contributed by atoms with van der Waals surface area (Å²) in [6.07, 6.45) is 1.67. The van der Waals surface area contributed by atoms with Gasteiger partial charge in [0.05, 0.1) is 17.8 Å². The number of amides is 1. The Bertz CT molecular complexity index is 1090. The molecule has 0 aliphatic rings. The van der Waals surface area contributed by atoms with Crippen LogP contribution in [-0.4, -0.2) is 15.7 Å². The third kappa shape index (κ3) is 3.40. The molecule has 0 unspecified atom stereocenters. The summed E-state index contributed by atoms with van der Waals surface area (Å²) in [7, 11) is 0. The zero-order valence-electron chi connectivity index (χ0n) is 13.4. The Morgan fingerprint density at radius 3 is 2.69 bits per heavy atom. The number of fused-ring (bicyclic) bond motifs is 1. The van der Waals surface area contributed by atoms with Crippen LogP contribution in [0.4, 0.5) is 5.82 Å². The summed E-state index contributed by atoms with van der Waals surface area (Å²) in [5.74, 6) is 0.403. The molecule has 0 aliphatic heterocycles. The molecule has 2 heterocycles. The number of anilines is 1. The number of aromatic nitrogens is 2. The van der Waals surface area contributed by atoms with Gasteiger partial charge in [-0.05, 0) is 23.8 Å². The van der Waals surface area contributed by atoms with Crippen molar-refractivity contribution >= 4 is 60.7 Å². The molecule has 2 aromatic heterocycles. The normalized spacial score (nSPS) is 11.0. The summed E-state index contributed by atoms with van der Waals surface area (Å²) >= 11 is 11.2. The standard InChI is InChI=1S/C19H13BrClN3OS/c20-13-7-5-12(6-8-13)11-24-16(9-10-22-24)23-19(25)18-17(21)14-3-1-2-4-15(14)26-18/h1-10H,11H2,(H,23,25). The van der Waals surface area contributed by atoms with Gasteiger partial charge >= 0.3 is 0 Å². The van der Waals surface area contributed by atoms with E-state index in [1.807, 2.05) is 48.5 Å². The van der Waals surface area contributed by atoms with E-state index in [-0.39, 0.29) is 5.91 Å². The molecule has 26 heavy (non-hydrogen) atoms. The number of benzene rings is 2. The quantitative estimate of drug-likeness (QED) is 0.430. The number of rotatable bonds is 4. The van der Waals surface area contributed by atoms with Gasteiger partial charge in [0, 0.05) is 20.6 Å². The molecule has 0 saturated carbocycles. The van der Waals surface area contributed by atoms with E-state index < -0.39 is 0 Å². The fourth-order valence-electron chi connectivity index (χ4n) is 2.66. The van der Waals surface area contributed by atoms with Gasteiger partial charge in [0.2, 0.25) is 0 Å². The lowest BCUT2D eigenvalue weighted by Gasteiger charge is -2.09. The van der Waals surface area contributed by atoms with Crippen molar-refractivity contribution in [1.82, 2.24) is 9.78 Å². The van der Waals surface area contributed by atoms with Crippen LogP contribution < -0.4 is 5.32 Å². The molecule has 4 rings (SSSR count). The van der Waals surface area contributed by atoms with E-state index in [2.05, 4.69) is 26.3 Å². The largest absolute Gasteiger partial charge is 0.306 e. The van der Waals surface area contributed by atoms with Gasteiger partial charge in [0.1, 0.15) is 10.7 Å². The van der Waals surface area contributed by atoms with Crippen molar-refractivity contribution in [1.29, 1.82) is 0 Å². The smallest absolute Gasteiger partial charge is 0.268 e. The van der Waals surface area contributed by atoms with Crippen LogP contribution in [0.1, 0.15) is 15.2 Å². The monoisotopic (exact) mass is 445 g/mol. The van der Waals surface area contributed by atoms with E-state index in [0.29, 0.717) is 22.3 Å². The number of hydrogen-bond acceptors (Lipinski definition) is 3. The Labute approximate surface area is 167 Å². The van der Waals surface area contributed by atoms with E-state index >= 15 is 0 Å². The average molecular weight is 447 g/mol. The molecule has 0 bridgehead atoms. The van der Waals surface area contributed by atoms with Crippen molar-refractivity contribution in [3.05, 3.63) is 80.7 Å². The molecule has 0 spiro atoms. The van der Waals surface area contributed by atoms with Gasteiger partial charge in [-0.2, -0.15) is 5.10 Å². The number of nitrogens with zero attached hydrogens (tertiary/aromatic N) is 2. The lowest BCUT2D eigenvalue weighted by molar-refractivity contribution is 0.102. The summed E-state index contributed by atoms with van der Waals surface area (Å²) < 4.78 is 3.77. The first-order chi connectivity index (χ1) is 12.6. The van der Waals surface area contributed by atoms with Crippen LogP contribution in [0.15, 0.2) is 65.3 Å². The SMILES string of the molecule is O=C(Nc1ccnn1Cc1ccc(Br)cc1)c1sc2ccccc2c1Cl. The molecule has 4 aromatic rings. The summed E-state index contributed by atoms with van der Waals surface area (Å²) in [5.41, 5.74) is 1.09. The molecule has 0 radical (unpaired) electrons. The van der Waals surface area contributed by atoms with E-state index in [0.717, 1.165) is 20.1 Å². The second-order valence-electron chi connectivity index (χ2n) is 5.70. The van der Waals surface area contributed by atoms with Crippen molar-refractivity contribution in [2.75, 3.05) is 5.32 Å². The zero-order valence-corrected chi connectivity index (χ0v) is 16.6. The number of carbonyl (C=O) groups excluding carboxylic acids is 1. The molecule has 0 aliphatic carbocycles. The second kappa shape index (κ2) is 7.23. The van der Waals surface area contributed by atoms with Crippen LogP contribution in [0, 0.1) is 0 Å². The first-order valence-electron chi connectivity index (χ1n) is 7.86. The summed E-state index contributed by atoms with van der Waals surface area (Å²) in [5, 5.41) is 8.61. The Morgan fingerprint density at radius 2 is 1.92 bits per heavy atom. The Balaban J connectivity index is 1.57. The molecule has 4 nitrogen and oxygen atoms in total. The maximum Gasteiger partial charge on any atom is 0.268 e. The predicted octanol–water partition coefficient (Wildman–Crippen LogP) is 5.81. The van der Waals surface area contributed by atoms with Gasteiger partial charge in [-0.3, -0.25) is 4.79 Å². The Hall–Kier alpha value is -2.15. The molecular weight excluding hydrogens is 434 g/mol. The maximum atomic E-state index is 12.7. The van der Waals surface area contributed by atoms with E-state index in [1.165, 1.54) is 11.3 Å². The Kier molecular flexibility index (Phi) is 4.80. The first kappa shape index (κ1) is 17.3. The van der Waals surface area contributed by atoms with Crippen molar-refractivity contribution in [2.45, 2.75) is 6.54 Å². The van der Waals surface area contributed by atoms with Crippen LogP contribution >= 0.6 is 38.9 Å². The molecule has 2 aromatic carbocycles. The number of nitrogens with one attached hydrogen (secondary N) is 1. The summed E-state index contributed by atoms with van der Waals surface area (Å²) in [6, 6.07) is 17.5. The molecule has 7 heteroatoms. The lowest BCUT2D eigenvalue weighted by Crippen LogP contribution is -2.15. The number of thiophene rings is 1. The van der Waals surface area contributed by atoms with Gasteiger partial charge in [0.15, 0.2) is 0 Å². The van der Waals surface area contributed by atoms with Crippen molar-refractivity contribution < 1.29 is 4.79 Å². The third-order valence-corrected chi connectivity index (χ3v) is 6.15. The summed E-state index contributed by atoms with van der Waals surface area (Å²) in [4.78, 5) is 13.2. The highest BCUT2D eigenvalue weighted by molar-refractivity contribution is 9.10. The van der Waals surface area contributed by atoms with Crippen LogP contribution in [0.5, 0.6) is 0 Å². The van der Waals surface area contributed by atoms with Crippen LogP contribution in [0.2, 0.25) is 5.02 Å². The highest BCUT2D eigenvalue weighted by Gasteiger charge is 2.18. The minimum atomic E-state index is -0.228. The third-order valence-electron chi connectivity index (χ3n) is 3.94. The van der Waals surface area contributed by atoms with Crippen molar-refractivity contribution in [3.8, 4) is 0 Å². The minimum Gasteiger partial charge on any atom is -0.306 e. The lowest BCUT2D eigenvalue weighted by atomic mass is 10.2. The van der Waals surface area contributed by atoms with Crippen LogP contribution in [0.3, 0.4) is 0 Å². The number of halogens is 2. The maximum absolute atomic E-state index is 12.7. The van der Waals surface area contributed by atoms with E-state index in [9.17, 15) is 4.79 Å². The Morgan fingerprint density at radius 1 is 1.15 bits per heavy atom. The molecular formula is C19H13BrClN3OS. The zero-order chi connectivity index (χ0) is 18.1. The van der Waals surface area contributed by atoms with Gasteiger partial charge in [0.25, 0.3) is 5.91 Å². The second-order valence-corrected chi connectivity index (χ2v) is 8.04. The topological polar surface area (TPSA) is 46.9 Å². The predicted molar refractivity (Wildman–Crippen MR) is 110 cm³/mol. The highest BCUT2D eigenvalue weighted by Crippen LogP contribution is 2.35. The molecule has 0 fully saturated rings. The van der Waals surface area contributed by atoms with Gasteiger partial charge in [-0.15, -0.1) is 11.3 Å². The van der Waals surface area contributed by atoms with E-state index in [1.54, 1.807) is 16.9 Å². The van der Waals surface area contributed by atoms with Crippen molar-refractivity contribution in [2.24, 2.45) is 0 Å². The number of hydrogen-bond donors (Lipinski definition) is 1.